The highest BCUT2D eigenvalue weighted by atomic mass is 16.2. The summed E-state index contributed by atoms with van der Waals surface area (Å²) < 4.78 is 0. The number of urea groups is 1. The van der Waals surface area contributed by atoms with Gasteiger partial charge in [0.2, 0.25) is 5.91 Å². The Bertz CT molecular complexity index is 568. The van der Waals surface area contributed by atoms with Crippen molar-refractivity contribution in [2.24, 2.45) is 0 Å². The molecule has 3 amide bonds. The van der Waals surface area contributed by atoms with Crippen LogP contribution < -0.4 is 5.32 Å². The minimum Gasteiger partial charge on any atom is -0.329 e. The van der Waals surface area contributed by atoms with Crippen molar-refractivity contribution in [2.45, 2.75) is 38.6 Å². The molecular formula is C18H25N3O2. The fourth-order valence-electron chi connectivity index (χ4n) is 3.85. The molecule has 5 heteroatoms. The van der Waals surface area contributed by atoms with Gasteiger partial charge in [0.05, 0.1) is 6.54 Å². The maximum absolute atomic E-state index is 11.7. The summed E-state index contributed by atoms with van der Waals surface area (Å²) in [5.41, 5.74) is 2.69. The Balaban J connectivity index is 1.64. The zero-order valence-corrected chi connectivity index (χ0v) is 13.9. The highest BCUT2D eigenvalue weighted by Crippen LogP contribution is 2.35. The van der Waals surface area contributed by atoms with E-state index in [4.69, 9.17) is 0 Å². The van der Waals surface area contributed by atoms with Crippen LogP contribution in [-0.4, -0.2) is 54.0 Å². The van der Waals surface area contributed by atoms with Crippen molar-refractivity contribution in [3.63, 3.8) is 0 Å². The first kappa shape index (κ1) is 16.0. The largest absolute Gasteiger partial charge is 0.329 e. The SMILES string of the molecule is CC[C@@H]1[C@@H](c2ccc(C)cc2)CCN1CCN1C(=O)CNC1=O. The normalized spacial score (nSPS) is 25.2. The van der Waals surface area contributed by atoms with Gasteiger partial charge in [-0.15, -0.1) is 0 Å². The molecule has 0 bridgehead atoms. The molecular weight excluding hydrogens is 290 g/mol. The number of carbonyl (C=O) groups is 2. The van der Waals surface area contributed by atoms with Crippen LogP contribution >= 0.6 is 0 Å². The predicted molar refractivity (Wildman–Crippen MR) is 89.3 cm³/mol. The van der Waals surface area contributed by atoms with Gasteiger partial charge in [-0.3, -0.25) is 14.6 Å². The van der Waals surface area contributed by atoms with Gasteiger partial charge in [-0.05, 0) is 31.9 Å². The standard InChI is InChI=1S/C18H25N3O2/c1-3-16-15(14-6-4-13(2)5-7-14)8-9-20(16)10-11-21-17(22)12-19-18(21)23/h4-7,15-16H,3,8-12H2,1-2H3,(H,19,23)/t15-,16-/m1/s1. The molecule has 3 rings (SSSR count). The van der Waals surface area contributed by atoms with Crippen LogP contribution in [0.3, 0.4) is 0 Å². The number of amides is 3. The third kappa shape index (κ3) is 3.24. The van der Waals surface area contributed by atoms with Gasteiger partial charge in [0.25, 0.3) is 0 Å². The summed E-state index contributed by atoms with van der Waals surface area (Å²) in [6.07, 6.45) is 2.22. The average Bonchev–Trinajstić information content (AvgIpc) is 3.10. The van der Waals surface area contributed by atoms with Gasteiger partial charge in [0.15, 0.2) is 0 Å². The van der Waals surface area contributed by atoms with Gasteiger partial charge in [-0.2, -0.15) is 0 Å². The third-order valence-electron chi connectivity index (χ3n) is 5.13. The lowest BCUT2D eigenvalue weighted by molar-refractivity contribution is -0.125. The Labute approximate surface area is 137 Å². The van der Waals surface area contributed by atoms with E-state index in [9.17, 15) is 9.59 Å². The summed E-state index contributed by atoms with van der Waals surface area (Å²) in [6, 6.07) is 9.07. The van der Waals surface area contributed by atoms with E-state index in [1.165, 1.54) is 16.0 Å². The highest BCUT2D eigenvalue weighted by molar-refractivity contribution is 6.01. The second kappa shape index (κ2) is 6.71. The molecule has 2 fully saturated rings. The Kier molecular flexibility index (Phi) is 4.66. The molecule has 0 aromatic heterocycles. The summed E-state index contributed by atoms with van der Waals surface area (Å²) in [4.78, 5) is 27.1. The Hall–Kier alpha value is -1.88. The van der Waals surface area contributed by atoms with Gasteiger partial charge >= 0.3 is 6.03 Å². The van der Waals surface area contributed by atoms with Crippen molar-refractivity contribution in [1.82, 2.24) is 15.1 Å². The molecule has 1 N–H and O–H groups in total. The molecule has 0 aliphatic carbocycles. The molecule has 2 aliphatic rings. The van der Waals surface area contributed by atoms with Crippen LogP contribution in [0.15, 0.2) is 24.3 Å². The molecule has 2 saturated heterocycles. The maximum Gasteiger partial charge on any atom is 0.324 e. The topological polar surface area (TPSA) is 52.6 Å². The van der Waals surface area contributed by atoms with Gasteiger partial charge in [-0.25, -0.2) is 4.79 Å². The number of rotatable bonds is 5. The van der Waals surface area contributed by atoms with Gasteiger partial charge < -0.3 is 5.32 Å². The van der Waals surface area contributed by atoms with Crippen molar-refractivity contribution in [2.75, 3.05) is 26.2 Å². The quantitative estimate of drug-likeness (QED) is 0.847. The van der Waals surface area contributed by atoms with Crippen molar-refractivity contribution in [3.05, 3.63) is 35.4 Å². The number of likely N-dealkylation sites (tertiary alicyclic amines) is 1. The number of imide groups is 1. The molecule has 124 valence electrons. The van der Waals surface area contributed by atoms with E-state index >= 15 is 0 Å². The number of carbonyl (C=O) groups excluding carboxylic acids is 2. The average molecular weight is 315 g/mol. The summed E-state index contributed by atoms with van der Waals surface area (Å²) in [5.74, 6) is 0.432. The van der Waals surface area contributed by atoms with E-state index in [1.54, 1.807) is 0 Å². The minimum atomic E-state index is -0.252. The Morgan fingerprint density at radius 3 is 2.52 bits per heavy atom. The fraction of sp³-hybridized carbons (Fsp3) is 0.556. The van der Waals surface area contributed by atoms with E-state index in [0.29, 0.717) is 18.5 Å². The van der Waals surface area contributed by atoms with Crippen LogP contribution in [0.25, 0.3) is 0 Å². The molecule has 2 aliphatic heterocycles. The van der Waals surface area contributed by atoms with E-state index < -0.39 is 0 Å². The summed E-state index contributed by atoms with van der Waals surface area (Å²) in [7, 11) is 0. The van der Waals surface area contributed by atoms with Gasteiger partial charge in [-0.1, -0.05) is 36.8 Å². The summed E-state index contributed by atoms with van der Waals surface area (Å²) in [5, 5.41) is 2.58. The molecule has 5 nitrogen and oxygen atoms in total. The molecule has 2 heterocycles. The van der Waals surface area contributed by atoms with Crippen LogP contribution in [0.2, 0.25) is 0 Å². The lowest BCUT2D eigenvalue weighted by Gasteiger charge is -2.28. The second-order valence-electron chi connectivity index (χ2n) is 6.52. The predicted octanol–water partition coefficient (Wildman–Crippen LogP) is 2.11. The van der Waals surface area contributed by atoms with Crippen LogP contribution in [0.5, 0.6) is 0 Å². The van der Waals surface area contributed by atoms with Crippen molar-refractivity contribution < 1.29 is 9.59 Å². The first-order valence-electron chi connectivity index (χ1n) is 8.49. The van der Waals surface area contributed by atoms with E-state index in [-0.39, 0.29) is 18.5 Å². The lowest BCUT2D eigenvalue weighted by Crippen LogP contribution is -2.41. The van der Waals surface area contributed by atoms with Crippen molar-refractivity contribution >= 4 is 11.9 Å². The number of aryl methyl sites for hydroxylation is 1. The Morgan fingerprint density at radius 2 is 1.91 bits per heavy atom. The number of hydrogen-bond donors (Lipinski definition) is 1. The highest BCUT2D eigenvalue weighted by Gasteiger charge is 2.35. The van der Waals surface area contributed by atoms with Gasteiger partial charge in [0.1, 0.15) is 0 Å². The van der Waals surface area contributed by atoms with Crippen LogP contribution in [-0.2, 0) is 4.79 Å². The molecule has 0 spiro atoms. The summed E-state index contributed by atoms with van der Waals surface area (Å²) in [6.45, 7) is 6.75. The Morgan fingerprint density at radius 1 is 1.17 bits per heavy atom. The van der Waals surface area contributed by atoms with Gasteiger partial charge in [0, 0.05) is 25.0 Å². The van der Waals surface area contributed by atoms with Crippen LogP contribution in [0.1, 0.15) is 36.8 Å². The smallest absolute Gasteiger partial charge is 0.324 e. The van der Waals surface area contributed by atoms with E-state index in [2.05, 4.69) is 48.3 Å². The minimum absolute atomic E-state index is 0.114. The molecule has 23 heavy (non-hydrogen) atoms. The van der Waals surface area contributed by atoms with E-state index in [1.807, 2.05) is 0 Å². The molecule has 0 radical (unpaired) electrons. The fourth-order valence-corrected chi connectivity index (χ4v) is 3.85. The molecule has 0 saturated carbocycles. The molecule has 2 atom stereocenters. The molecule has 1 aromatic rings. The maximum atomic E-state index is 11.7. The number of hydrogen-bond acceptors (Lipinski definition) is 3. The summed E-state index contributed by atoms with van der Waals surface area (Å²) >= 11 is 0. The zero-order chi connectivity index (χ0) is 16.4. The monoisotopic (exact) mass is 315 g/mol. The second-order valence-corrected chi connectivity index (χ2v) is 6.52. The van der Waals surface area contributed by atoms with Crippen molar-refractivity contribution in [1.29, 1.82) is 0 Å². The number of nitrogens with one attached hydrogen (secondary N) is 1. The van der Waals surface area contributed by atoms with Crippen LogP contribution in [0, 0.1) is 6.92 Å². The zero-order valence-electron chi connectivity index (χ0n) is 13.9. The first-order chi connectivity index (χ1) is 11.1. The van der Waals surface area contributed by atoms with Crippen molar-refractivity contribution in [3.8, 4) is 0 Å². The number of benzene rings is 1. The van der Waals surface area contributed by atoms with Crippen LogP contribution in [0.4, 0.5) is 4.79 Å². The molecule has 0 unspecified atom stereocenters. The third-order valence-corrected chi connectivity index (χ3v) is 5.13. The first-order valence-corrected chi connectivity index (χ1v) is 8.49. The van der Waals surface area contributed by atoms with E-state index in [0.717, 1.165) is 25.9 Å². The molecule has 1 aromatic carbocycles. The number of nitrogens with zero attached hydrogens (tertiary/aromatic N) is 2. The lowest BCUT2D eigenvalue weighted by atomic mass is 9.90.